The molecule has 0 spiro atoms. The van der Waals surface area contributed by atoms with Crippen LogP contribution < -0.4 is 0 Å². The summed E-state index contributed by atoms with van der Waals surface area (Å²) in [5.41, 5.74) is 0. The molecule has 0 amide bonds. The van der Waals surface area contributed by atoms with Crippen molar-refractivity contribution in [2.45, 2.75) is 96.8 Å². The van der Waals surface area contributed by atoms with Crippen LogP contribution in [0.15, 0.2) is 0 Å². The quantitative estimate of drug-likeness (QED) is 0.608. The molecule has 0 radical (unpaired) electrons. The van der Waals surface area contributed by atoms with Crippen molar-refractivity contribution in [3.63, 3.8) is 0 Å². The Balaban J connectivity index is 1.39. The summed E-state index contributed by atoms with van der Waals surface area (Å²) in [6.07, 6.45) is 19.0. The monoisotopic (exact) mass is 304 g/mol. The number of carbonyl (C=O) groups excluding carboxylic acids is 1. The van der Waals surface area contributed by atoms with E-state index in [4.69, 9.17) is 0 Å². The summed E-state index contributed by atoms with van der Waals surface area (Å²) >= 11 is 0. The van der Waals surface area contributed by atoms with E-state index in [1.807, 2.05) is 0 Å². The van der Waals surface area contributed by atoms with Crippen molar-refractivity contribution in [1.82, 2.24) is 0 Å². The van der Waals surface area contributed by atoms with Crippen molar-refractivity contribution in [3.8, 4) is 0 Å². The largest absolute Gasteiger partial charge is 0.300 e. The van der Waals surface area contributed by atoms with Crippen molar-refractivity contribution < 1.29 is 4.79 Å². The van der Waals surface area contributed by atoms with Crippen molar-refractivity contribution in [1.29, 1.82) is 0 Å². The van der Waals surface area contributed by atoms with Gasteiger partial charge in [-0.25, -0.2) is 0 Å². The third-order valence-electron chi connectivity index (χ3n) is 7.33. The van der Waals surface area contributed by atoms with E-state index in [-0.39, 0.29) is 0 Å². The van der Waals surface area contributed by atoms with Gasteiger partial charge >= 0.3 is 0 Å². The number of Topliss-reactive ketones (excluding diaryl/α,β-unsaturated/α-hetero) is 1. The van der Waals surface area contributed by atoms with Crippen molar-refractivity contribution >= 4 is 5.78 Å². The Bertz CT molecular complexity index is 335. The molecule has 0 aromatic heterocycles. The molecule has 0 aromatic carbocycles. The smallest absolute Gasteiger partial charge is 0.132 e. The van der Waals surface area contributed by atoms with E-state index in [0.717, 1.165) is 42.4 Å². The van der Waals surface area contributed by atoms with Crippen molar-refractivity contribution in [2.24, 2.45) is 29.6 Å². The van der Waals surface area contributed by atoms with Gasteiger partial charge in [0, 0.05) is 12.8 Å². The SMILES string of the molecule is CCCC1CCC(C2CCC(C3CCC(=O)CC3)CC2)CC1. The third kappa shape index (κ3) is 4.15. The highest BCUT2D eigenvalue weighted by Gasteiger charge is 2.34. The first-order valence-corrected chi connectivity index (χ1v) is 10.3. The molecule has 3 fully saturated rings. The molecular weight excluding hydrogens is 268 g/mol. The first kappa shape index (κ1) is 16.5. The fourth-order valence-corrected chi connectivity index (χ4v) is 5.88. The summed E-state index contributed by atoms with van der Waals surface area (Å²) in [6.45, 7) is 2.34. The van der Waals surface area contributed by atoms with E-state index < -0.39 is 0 Å². The molecule has 1 nitrogen and oxygen atoms in total. The lowest BCUT2D eigenvalue weighted by atomic mass is 9.65. The van der Waals surface area contributed by atoms with Gasteiger partial charge in [-0.15, -0.1) is 0 Å². The van der Waals surface area contributed by atoms with Gasteiger partial charge in [0.15, 0.2) is 0 Å². The molecule has 0 bridgehead atoms. The second-order valence-electron chi connectivity index (χ2n) is 8.62. The predicted octanol–water partition coefficient (Wildman–Crippen LogP) is 6.16. The maximum Gasteiger partial charge on any atom is 0.132 e. The highest BCUT2D eigenvalue weighted by Crippen LogP contribution is 2.45. The van der Waals surface area contributed by atoms with Gasteiger partial charge in [-0.05, 0) is 81.0 Å². The number of ketones is 1. The van der Waals surface area contributed by atoms with Gasteiger partial charge in [0.05, 0.1) is 0 Å². The molecule has 0 N–H and O–H groups in total. The molecule has 0 aromatic rings. The molecule has 126 valence electrons. The Hall–Kier alpha value is -0.330. The van der Waals surface area contributed by atoms with Crippen LogP contribution >= 0.6 is 0 Å². The van der Waals surface area contributed by atoms with Crippen LogP contribution in [-0.2, 0) is 4.79 Å². The molecule has 3 aliphatic carbocycles. The molecule has 3 aliphatic rings. The predicted molar refractivity (Wildman–Crippen MR) is 92.8 cm³/mol. The van der Waals surface area contributed by atoms with Crippen LogP contribution in [0, 0.1) is 29.6 Å². The Morgan fingerprint density at radius 3 is 1.55 bits per heavy atom. The summed E-state index contributed by atoms with van der Waals surface area (Å²) in [4.78, 5) is 11.4. The van der Waals surface area contributed by atoms with Crippen LogP contribution in [0.4, 0.5) is 0 Å². The summed E-state index contributed by atoms with van der Waals surface area (Å²) in [7, 11) is 0. The average molecular weight is 305 g/mol. The van der Waals surface area contributed by atoms with E-state index in [1.54, 1.807) is 0 Å². The van der Waals surface area contributed by atoms with Crippen molar-refractivity contribution in [3.05, 3.63) is 0 Å². The highest BCUT2D eigenvalue weighted by atomic mass is 16.1. The summed E-state index contributed by atoms with van der Waals surface area (Å²) < 4.78 is 0. The van der Waals surface area contributed by atoms with Gasteiger partial charge < -0.3 is 0 Å². The van der Waals surface area contributed by atoms with Crippen LogP contribution in [-0.4, -0.2) is 5.78 Å². The van der Waals surface area contributed by atoms with E-state index in [0.29, 0.717) is 5.78 Å². The van der Waals surface area contributed by atoms with Crippen molar-refractivity contribution in [2.75, 3.05) is 0 Å². The van der Waals surface area contributed by atoms with Crippen LogP contribution in [0.1, 0.15) is 96.8 Å². The normalized spacial score (nSPS) is 38.1. The van der Waals surface area contributed by atoms with Crippen LogP contribution in [0.2, 0.25) is 0 Å². The van der Waals surface area contributed by atoms with E-state index >= 15 is 0 Å². The molecule has 0 saturated heterocycles. The Kier molecular flexibility index (Phi) is 5.99. The second kappa shape index (κ2) is 7.97. The molecule has 1 heteroatoms. The first-order valence-electron chi connectivity index (χ1n) is 10.3. The standard InChI is InChI=1S/C21H36O/c1-2-3-16-4-6-17(7-5-16)18-8-10-19(11-9-18)20-12-14-21(22)15-13-20/h16-20H,2-15H2,1H3. The highest BCUT2D eigenvalue weighted by molar-refractivity contribution is 5.79. The van der Waals surface area contributed by atoms with Gasteiger partial charge in [-0.2, -0.15) is 0 Å². The Morgan fingerprint density at radius 2 is 1.09 bits per heavy atom. The van der Waals surface area contributed by atoms with E-state index in [2.05, 4.69) is 6.92 Å². The van der Waals surface area contributed by atoms with Crippen LogP contribution in [0.25, 0.3) is 0 Å². The van der Waals surface area contributed by atoms with E-state index in [9.17, 15) is 4.79 Å². The number of hydrogen-bond acceptors (Lipinski definition) is 1. The molecule has 3 rings (SSSR count). The molecule has 22 heavy (non-hydrogen) atoms. The minimum absolute atomic E-state index is 0.522. The minimum Gasteiger partial charge on any atom is -0.300 e. The van der Waals surface area contributed by atoms with Gasteiger partial charge in [0.25, 0.3) is 0 Å². The molecule has 3 saturated carbocycles. The summed E-state index contributed by atoms with van der Waals surface area (Å²) in [6, 6.07) is 0. The van der Waals surface area contributed by atoms with Crippen LogP contribution in [0.3, 0.4) is 0 Å². The lowest BCUT2D eigenvalue weighted by molar-refractivity contribution is -0.121. The number of hydrogen-bond donors (Lipinski definition) is 0. The zero-order chi connectivity index (χ0) is 15.4. The van der Waals surface area contributed by atoms with Crippen LogP contribution in [0.5, 0.6) is 0 Å². The molecule has 0 aliphatic heterocycles. The Labute approximate surface area is 137 Å². The van der Waals surface area contributed by atoms with E-state index in [1.165, 1.54) is 77.0 Å². The Morgan fingerprint density at radius 1 is 0.682 bits per heavy atom. The van der Waals surface area contributed by atoms with Gasteiger partial charge in [0.1, 0.15) is 5.78 Å². The fourth-order valence-electron chi connectivity index (χ4n) is 5.88. The molecular formula is C21H36O. The molecule has 0 atom stereocenters. The lowest BCUT2D eigenvalue weighted by Crippen LogP contribution is -2.29. The summed E-state index contributed by atoms with van der Waals surface area (Å²) in [5.74, 6) is 5.52. The maximum atomic E-state index is 11.4. The topological polar surface area (TPSA) is 17.1 Å². The molecule has 0 heterocycles. The second-order valence-corrected chi connectivity index (χ2v) is 8.62. The fraction of sp³-hybridized carbons (Fsp3) is 0.952. The average Bonchev–Trinajstić information content (AvgIpc) is 2.57. The molecule has 0 unspecified atom stereocenters. The summed E-state index contributed by atoms with van der Waals surface area (Å²) in [5, 5.41) is 0. The zero-order valence-corrected chi connectivity index (χ0v) is 14.7. The number of carbonyl (C=O) groups is 1. The van der Waals surface area contributed by atoms with Gasteiger partial charge in [-0.3, -0.25) is 4.79 Å². The van der Waals surface area contributed by atoms with Gasteiger partial charge in [-0.1, -0.05) is 32.6 Å². The third-order valence-corrected chi connectivity index (χ3v) is 7.33. The lowest BCUT2D eigenvalue weighted by Gasteiger charge is -2.40. The maximum absolute atomic E-state index is 11.4. The zero-order valence-electron chi connectivity index (χ0n) is 14.7. The minimum atomic E-state index is 0.522. The number of rotatable bonds is 4. The van der Waals surface area contributed by atoms with Gasteiger partial charge in [0.2, 0.25) is 0 Å². The first-order chi connectivity index (χ1) is 10.8.